The number of aromatic nitrogens is 2. The first-order valence-electron chi connectivity index (χ1n) is 6.80. The second-order valence-corrected chi connectivity index (χ2v) is 4.60. The number of hydrogen-bond donors (Lipinski definition) is 2. The number of amides is 1. The molecule has 7 nitrogen and oxygen atoms in total. The largest absolute Gasteiger partial charge is 0.407 e. The quantitative estimate of drug-likeness (QED) is 0.704. The number of carbonyl (C=O) groups is 1. The third-order valence-corrected chi connectivity index (χ3v) is 2.94. The molecule has 2 rings (SSSR count). The Morgan fingerprint density at radius 3 is 2.84 bits per heavy atom. The Morgan fingerprint density at radius 1 is 1.42 bits per heavy atom. The van der Waals surface area contributed by atoms with E-state index in [0.29, 0.717) is 37.6 Å². The molecule has 106 valence electrons. The van der Waals surface area contributed by atoms with Gasteiger partial charge in [0.25, 0.3) is 0 Å². The molecule has 1 aromatic rings. The van der Waals surface area contributed by atoms with Crippen LogP contribution in [0.5, 0.6) is 0 Å². The van der Waals surface area contributed by atoms with E-state index in [1.807, 2.05) is 13.8 Å². The molecule has 1 aromatic heterocycles. The summed E-state index contributed by atoms with van der Waals surface area (Å²) in [6, 6.07) is 1.01. The first-order valence-corrected chi connectivity index (χ1v) is 6.80. The number of rotatable bonds is 8. The van der Waals surface area contributed by atoms with Gasteiger partial charge in [-0.1, -0.05) is 5.10 Å². The van der Waals surface area contributed by atoms with E-state index in [0.717, 1.165) is 0 Å². The van der Waals surface area contributed by atoms with Crippen LogP contribution in [-0.2, 0) is 11.3 Å². The second kappa shape index (κ2) is 6.51. The summed E-state index contributed by atoms with van der Waals surface area (Å²) in [6.07, 6.45) is 2.44. The fraction of sp³-hybridized carbons (Fsp3) is 0.750. The van der Waals surface area contributed by atoms with Crippen LogP contribution in [0.25, 0.3) is 0 Å². The first-order chi connectivity index (χ1) is 9.22. The molecule has 0 atom stereocenters. The van der Waals surface area contributed by atoms with Crippen molar-refractivity contribution in [2.24, 2.45) is 0 Å². The van der Waals surface area contributed by atoms with Gasteiger partial charge in [-0.15, -0.1) is 5.10 Å². The van der Waals surface area contributed by atoms with E-state index in [9.17, 15) is 4.79 Å². The maximum atomic E-state index is 11.6. The normalized spacial score (nSPS) is 14.4. The molecule has 1 aliphatic rings. The zero-order valence-electron chi connectivity index (χ0n) is 11.5. The molecule has 0 aliphatic heterocycles. The molecule has 0 unspecified atom stereocenters. The number of likely N-dealkylation sites (N-methyl/N-ethyl adjacent to an activating group) is 2. The van der Waals surface area contributed by atoms with E-state index in [4.69, 9.17) is 4.42 Å². The minimum Gasteiger partial charge on any atom is -0.407 e. The van der Waals surface area contributed by atoms with Crippen molar-refractivity contribution in [1.82, 2.24) is 20.8 Å². The van der Waals surface area contributed by atoms with E-state index >= 15 is 0 Å². The number of nitrogens with zero attached hydrogens (tertiary/aromatic N) is 3. The maximum absolute atomic E-state index is 11.6. The van der Waals surface area contributed by atoms with Crippen LogP contribution < -0.4 is 15.5 Å². The van der Waals surface area contributed by atoms with Crippen LogP contribution in [0.15, 0.2) is 4.42 Å². The average Bonchev–Trinajstić information content (AvgIpc) is 3.11. The summed E-state index contributed by atoms with van der Waals surface area (Å²) in [5.41, 5.74) is 0. The minimum absolute atomic E-state index is 0.0415. The van der Waals surface area contributed by atoms with Crippen LogP contribution >= 0.6 is 0 Å². The van der Waals surface area contributed by atoms with Crippen molar-refractivity contribution in [1.29, 1.82) is 0 Å². The highest BCUT2D eigenvalue weighted by Gasteiger charge is 2.22. The Balaban J connectivity index is 1.87. The predicted octanol–water partition coefficient (Wildman–Crippen LogP) is 0.284. The van der Waals surface area contributed by atoms with Crippen molar-refractivity contribution in [2.75, 3.05) is 24.5 Å². The van der Waals surface area contributed by atoms with Gasteiger partial charge in [0.15, 0.2) is 0 Å². The van der Waals surface area contributed by atoms with Crippen molar-refractivity contribution in [2.45, 2.75) is 39.3 Å². The van der Waals surface area contributed by atoms with Crippen LogP contribution in [-0.4, -0.2) is 41.8 Å². The van der Waals surface area contributed by atoms with Crippen molar-refractivity contribution in [3.05, 3.63) is 5.89 Å². The van der Waals surface area contributed by atoms with E-state index < -0.39 is 0 Å². The minimum atomic E-state index is -0.0415. The molecule has 0 aromatic carbocycles. The highest BCUT2D eigenvalue weighted by atomic mass is 16.4. The maximum Gasteiger partial charge on any atom is 0.318 e. The lowest BCUT2D eigenvalue weighted by molar-refractivity contribution is -0.119. The van der Waals surface area contributed by atoms with Gasteiger partial charge in [0.1, 0.15) is 6.54 Å². The Labute approximate surface area is 112 Å². The monoisotopic (exact) mass is 267 g/mol. The first kappa shape index (κ1) is 13.8. The third kappa shape index (κ3) is 4.20. The molecule has 2 N–H and O–H groups in total. The lowest BCUT2D eigenvalue weighted by atomic mass is 10.5. The molecule has 1 heterocycles. The van der Waals surface area contributed by atoms with Gasteiger partial charge in [0.2, 0.25) is 11.8 Å². The predicted molar refractivity (Wildman–Crippen MR) is 70.7 cm³/mol. The molecule has 0 radical (unpaired) electrons. The smallest absolute Gasteiger partial charge is 0.318 e. The van der Waals surface area contributed by atoms with E-state index in [1.54, 1.807) is 4.90 Å². The van der Waals surface area contributed by atoms with Gasteiger partial charge < -0.3 is 20.0 Å². The van der Waals surface area contributed by atoms with Crippen LogP contribution in [0.1, 0.15) is 32.6 Å². The third-order valence-electron chi connectivity index (χ3n) is 2.94. The molecule has 19 heavy (non-hydrogen) atoms. The Kier molecular flexibility index (Phi) is 4.73. The lowest BCUT2D eigenvalue weighted by Crippen LogP contribution is -2.37. The molecule has 0 spiro atoms. The van der Waals surface area contributed by atoms with Gasteiger partial charge in [0, 0.05) is 19.1 Å². The van der Waals surface area contributed by atoms with Crippen molar-refractivity contribution in [3.8, 4) is 0 Å². The Morgan fingerprint density at radius 2 is 2.21 bits per heavy atom. The molecule has 1 amide bonds. The molecular weight excluding hydrogens is 246 g/mol. The summed E-state index contributed by atoms with van der Waals surface area (Å²) < 4.78 is 5.56. The van der Waals surface area contributed by atoms with Gasteiger partial charge in [-0.25, -0.2) is 0 Å². The van der Waals surface area contributed by atoms with Crippen LogP contribution in [0, 0.1) is 0 Å². The summed E-state index contributed by atoms with van der Waals surface area (Å²) >= 11 is 0. The van der Waals surface area contributed by atoms with Gasteiger partial charge >= 0.3 is 6.01 Å². The number of carbonyl (C=O) groups excluding carboxylic acids is 1. The summed E-state index contributed by atoms with van der Waals surface area (Å²) in [5, 5.41) is 14.0. The highest BCUT2D eigenvalue weighted by Crippen LogP contribution is 2.19. The van der Waals surface area contributed by atoms with Crippen LogP contribution in [0.4, 0.5) is 6.01 Å². The molecular formula is C12H21N5O2. The zero-order valence-corrected chi connectivity index (χ0v) is 11.5. The molecule has 1 fully saturated rings. The molecule has 1 saturated carbocycles. The number of hydrogen-bond acceptors (Lipinski definition) is 6. The number of nitrogens with one attached hydrogen (secondary N) is 2. The molecule has 7 heteroatoms. The topological polar surface area (TPSA) is 83.3 Å². The summed E-state index contributed by atoms with van der Waals surface area (Å²) in [7, 11) is 0. The number of anilines is 1. The lowest BCUT2D eigenvalue weighted by Gasteiger charge is -2.16. The molecule has 0 bridgehead atoms. The van der Waals surface area contributed by atoms with Gasteiger partial charge in [-0.05, 0) is 26.7 Å². The SMILES string of the molecule is CCNC(=O)CN(CC)c1nnc(CNC2CC2)o1. The van der Waals surface area contributed by atoms with Gasteiger partial charge in [0.05, 0.1) is 6.54 Å². The van der Waals surface area contributed by atoms with E-state index in [1.165, 1.54) is 12.8 Å². The summed E-state index contributed by atoms with van der Waals surface area (Å²) in [4.78, 5) is 13.3. The van der Waals surface area contributed by atoms with E-state index in [-0.39, 0.29) is 12.5 Å². The summed E-state index contributed by atoms with van der Waals surface area (Å²) in [6.45, 7) is 5.94. The fourth-order valence-corrected chi connectivity index (χ4v) is 1.70. The Hall–Kier alpha value is -1.63. The fourth-order valence-electron chi connectivity index (χ4n) is 1.70. The molecule has 1 aliphatic carbocycles. The second-order valence-electron chi connectivity index (χ2n) is 4.60. The highest BCUT2D eigenvalue weighted by molar-refractivity contribution is 5.80. The van der Waals surface area contributed by atoms with Gasteiger partial charge in [-0.3, -0.25) is 4.79 Å². The summed E-state index contributed by atoms with van der Waals surface area (Å²) in [5.74, 6) is 0.524. The van der Waals surface area contributed by atoms with Crippen molar-refractivity contribution < 1.29 is 9.21 Å². The van der Waals surface area contributed by atoms with Crippen LogP contribution in [0.3, 0.4) is 0 Å². The Bertz CT molecular complexity index is 416. The molecule has 0 saturated heterocycles. The van der Waals surface area contributed by atoms with Crippen molar-refractivity contribution >= 4 is 11.9 Å². The average molecular weight is 267 g/mol. The van der Waals surface area contributed by atoms with Crippen LogP contribution in [0.2, 0.25) is 0 Å². The van der Waals surface area contributed by atoms with Gasteiger partial charge in [-0.2, -0.15) is 0 Å². The standard InChI is InChI=1S/C12H21N5O2/c1-3-13-10(18)8-17(4-2)12-16-15-11(19-12)7-14-9-5-6-9/h9,14H,3-8H2,1-2H3,(H,13,18). The van der Waals surface area contributed by atoms with E-state index in [2.05, 4.69) is 20.8 Å². The van der Waals surface area contributed by atoms with Crippen molar-refractivity contribution in [3.63, 3.8) is 0 Å². The zero-order chi connectivity index (χ0) is 13.7.